The van der Waals surface area contributed by atoms with Crippen LogP contribution < -0.4 is 11.1 Å². The zero-order valence-corrected chi connectivity index (χ0v) is 13.7. The van der Waals surface area contributed by atoms with E-state index in [-0.39, 0.29) is 34.9 Å². The van der Waals surface area contributed by atoms with E-state index in [1.165, 1.54) is 24.3 Å². The van der Waals surface area contributed by atoms with E-state index in [0.717, 1.165) is 0 Å². The number of halogens is 1. The van der Waals surface area contributed by atoms with E-state index in [2.05, 4.69) is 17.2 Å². The number of aromatic hydroxyl groups is 1. The molecule has 5 nitrogen and oxygen atoms in total. The minimum absolute atomic E-state index is 0.0239. The fourth-order valence-corrected chi connectivity index (χ4v) is 2.62. The summed E-state index contributed by atoms with van der Waals surface area (Å²) in [6.07, 6.45) is 1.17. The number of phenolic OH excluding ortho intramolecular Hbond substituents is 1. The molecule has 0 unspecified atom stereocenters. The van der Waals surface area contributed by atoms with Gasteiger partial charge in [0.25, 0.3) is 0 Å². The molecule has 0 bridgehead atoms. The van der Waals surface area contributed by atoms with Gasteiger partial charge < -0.3 is 16.2 Å². The molecule has 0 aliphatic heterocycles. The second kappa shape index (κ2) is 6.71. The number of hydrogen-bond acceptors (Lipinski definition) is 5. The third-order valence-electron chi connectivity index (χ3n) is 3.66. The highest BCUT2D eigenvalue weighted by Gasteiger charge is 2.27. The Kier molecular flexibility index (Phi) is 4.46. The van der Waals surface area contributed by atoms with Crippen LogP contribution in [0.1, 0.15) is 26.3 Å². The highest BCUT2D eigenvalue weighted by molar-refractivity contribution is 6.30. The Bertz CT molecular complexity index is 984. The van der Waals surface area contributed by atoms with Crippen LogP contribution in [-0.4, -0.2) is 23.2 Å². The number of rotatable bonds is 2. The first kappa shape index (κ1) is 16.6. The summed E-state index contributed by atoms with van der Waals surface area (Å²) < 4.78 is 0. The Morgan fingerprint density at radius 2 is 2.00 bits per heavy atom. The number of carbonyl (C=O) groups excluding carboxylic acids is 2. The van der Waals surface area contributed by atoms with Crippen molar-refractivity contribution in [2.75, 3.05) is 12.3 Å². The van der Waals surface area contributed by atoms with Gasteiger partial charge >= 0.3 is 0 Å². The van der Waals surface area contributed by atoms with E-state index in [1.807, 2.05) is 0 Å². The van der Waals surface area contributed by atoms with Crippen LogP contribution in [0.2, 0.25) is 5.02 Å². The van der Waals surface area contributed by atoms with E-state index in [0.29, 0.717) is 16.3 Å². The number of fused-ring (bicyclic) bond motifs is 1. The van der Waals surface area contributed by atoms with Crippen LogP contribution in [-0.2, 0) is 0 Å². The molecule has 0 spiro atoms. The number of phenols is 1. The summed E-state index contributed by atoms with van der Waals surface area (Å²) in [5, 5.41) is 13.1. The second-order valence-electron chi connectivity index (χ2n) is 5.34. The first-order chi connectivity index (χ1) is 12.0. The predicted molar refractivity (Wildman–Crippen MR) is 95.6 cm³/mol. The highest BCUT2D eigenvalue weighted by Crippen LogP contribution is 2.27. The van der Waals surface area contributed by atoms with Crippen LogP contribution in [0, 0.1) is 11.8 Å². The van der Waals surface area contributed by atoms with Crippen molar-refractivity contribution < 1.29 is 14.7 Å². The lowest BCUT2D eigenvalue weighted by Crippen LogP contribution is -2.27. The summed E-state index contributed by atoms with van der Waals surface area (Å²) in [4.78, 5) is 24.5. The van der Waals surface area contributed by atoms with Crippen molar-refractivity contribution in [2.24, 2.45) is 0 Å². The van der Waals surface area contributed by atoms with Crippen molar-refractivity contribution in [2.45, 2.75) is 0 Å². The van der Waals surface area contributed by atoms with Gasteiger partial charge in [-0.25, -0.2) is 0 Å². The number of nitrogens with one attached hydrogen (secondary N) is 1. The van der Waals surface area contributed by atoms with Gasteiger partial charge in [-0.1, -0.05) is 29.5 Å². The molecular formula is C19H13ClN2O3. The number of nitrogen functional groups attached to an aromatic ring is 1. The molecule has 0 amide bonds. The fraction of sp³-hybridized carbons (Fsp3) is 0.0526. The molecule has 2 aromatic rings. The van der Waals surface area contributed by atoms with Crippen molar-refractivity contribution in [3.8, 4) is 17.6 Å². The average molecular weight is 353 g/mol. The molecule has 2 aromatic carbocycles. The Balaban J connectivity index is 1.75. The molecule has 124 valence electrons. The van der Waals surface area contributed by atoms with Crippen molar-refractivity contribution in [1.82, 2.24) is 5.32 Å². The number of carbonyl (C=O) groups is 2. The van der Waals surface area contributed by atoms with Gasteiger partial charge in [0.05, 0.1) is 17.8 Å². The SMILES string of the molecule is Nc1ccc(Cl)cc1C#CCNC1=CC(=O)c2c(O)cccc2C1=O. The molecule has 0 heterocycles. The summed E-state index contributed by atoms with van der Waals surface area (Å²) in [5.74, 6) is 4.70. The van der Waals surface area contributed by atoms with Crippen LogP contribution in [0.5, 0.6) is 5.75 Å². The summed E-state index contributed by atoms with van der Waals surface area (Å²) in [6, 6.07) is 9.38. The van der Waals surface area contributed by atoms with Gasteiger partial charge in [-0.15, -0.1) is 0 Å². The van der Waals surface area contributed by atoms with Gasteiger partial charge in [0.1, 0.15) is 5.75 Å². The molecule has 0 aromatic heterocycles. The third kappa shape index (κ3) is 3.35. The molecule has 1 aliphatic rings. The second-order valence-corrected chi connectivity index (χ2v) is 5.77. The molecule has 0 saturated carbocycles. The van der Waals surface area contributed by atoms with Crippen molar-refractivity contribution in [3.05, 3.63) is 69.9 Å². The first-order valence-corrected chi connectivity index (χ1v) is 7.75. The van der Waals surface area contributed by atoms with Crippen molar-refractivity contribution >= 4 is 28.9 Å². The van der Waals surface area contributed by atoms with E-state index < -0.39 is 5.78 Å². The number of anilines is 1. The number of Topliss-reactive ketones (excluding diaryl/α,β-unsaturated/α-hetero) is 1. The van der Waals surface area contributed by atoms with Gasteiger partial charge in [0.2, 0.25) is 5.78 Å². The Morgan fingerprint density at radius 3 is 2.80 bits per heavy atom. The molecule has 0 radical (unpaired) electrons. The van der Waals surface area contributed by atoms with Crippen LogP contribution in [0.25, 0.3) is 0 Å². The van der Waals surface area contributed by atoms with Crippen molar-refractivity contribution in [3.63, 3.8) is 0 Å². The van der Waals surface area contributed by atoms with Crippen LogP contribution in [0.15, 0.2) is 48.2 Å². The number of benzene rings is 2. The van der Waals surface area contributed by atoms with Crippen LogP contribution in [0.3, 0.4) is 0 Å². The summed E-state index contributed by atoms with van der Waals surface area (Å²) in [5.41, 5.74) is 7.23. The number of nitrogens with two attached hydrogens (primary N) is 1. The van der Waals surface area contributed by atoms with Gasteiger partial charge in [-0.3, -0.25) is 9.59 Å². The zero-order chi connectivity index (χ0) is 18.0. The van der Waals surface area contributed by atoms with Gasteiger partial charge in [0, 0.05) is 27.9 Å². The lowest BCUT2D eigenvalue weighted by Gasteiger charge is -2.16. The highest BCUT2D eigenvalue weighted by atomic mass is 35.5. The quantitative estimate of drug-likeness (QED) is 0.570. The smallest absolute Gasteiger partial charge is 0.209 e. The topological polar surface area (TPSA) is 92.4 Å². The predicted octanol–water partition coefficient (Wildman–Crippen LogP) is 2.53. The summed E-state index contributed by atoms with van der Waals surface area (Å²) in [6.45, 7) is 0.144. The molecule has 25 heavy (non-hydrogen) atoms. The number of allylic oxidation sites excluding steroid dienone is 2. The fourth-order valence-electron chi connectivity index (χ4n) is 2.45. The molecule has 0 atom stereocenters. The lowest BCUT2D eigenvalue weighted by molar-refractivity contribution is 0.0976. The normalized spacial score (nSPS) is 12.8. The molecule has 3 rings (SSSR count). The van der Waals surface area contributed by atoms with E-state index >= 15 is 0 Å². The minimum atomic E-state index is -0.428. The molecule has 1 aliphatic carbocycles. The van der Waals surface area contributed by atoms with E-state index in [1.54, 1.807) is 18.2 Å². The molecule has 4 N–H and O–H groups in total. The van der Waals surface area contributed by atoms with Gasteiger partial charge in [0.15, 0.2) is 5.78 Å². The largest absolute Gasteiger partial charge is 0.507 e. The molecular weight excluding hydrogens is 340 g/mol. The Hall–Kier alpha value is -3.23. The molecule has 0 saturated heterocycles. The Labute approximate surface area is 149 Å². The molecule has 6 heteroatoms. The standard InChI is InChI=1S/C19H13ClN2O3/c20-12-6-7-14(21)11(9-12)3-2-8-22-15-10-17(24)18-13(19(15)25)4-1-5-16(18)23/h1,4-7,9-10,22-23H,8,21H2. The maximum atomic E-state index is 12.4. The van der Waals surface area contributed by atoms with Crippen LogP contribution >= 0.6 is 11.6 Å². The first-order valence-electron chi connectivity index (χ1n) is 7.38. The average Bonchev–Trinajstić information content (AvgIpc) is 2.58. The minimum Gasteiger partial charge on any atom is -0.507 e. The van der Waals surface area contributed by atoms with Gasteiger partial charge in [-0.05, 0) is 30.3 Å². The third-order valence-corrected chi connectivity index (χ3v) is 3.89. The summed E-state index contributed by atoms with van der Waals surface area (Å²) in [7, 11) is 0. The summed E-state index contributed by atoms with van der Waals surface area (Å²) >= 11 is 5.90. The van der Waals surface area contributed by atoms with Crippen molar-refractivity contribution in [1.29, 1.82) is 0 Å². The van der Waals surface area contributed by atoms with Crippen LogP contribution in [0.4, 0.5) is 5.69 Å². The number of ketones is 2. The maximum absolute atomic E-state index is 12.4. The zero-order valence-electron chi connectivity index (χ0n) is 13.0. The lowest BCUT2D eigenvalue weighted by atomic mass is 9.92. The maximum Gasteiger partial charge on any atom is 0.209 e. The monoisotopic (exact) mass is 352 g/mol. The molecule has 0 fully saturated rings. The van der Waals surface area contributed by atoms with E-state index in [4.69, 9.17) is 17.3 Å². The number of hydrogen-bond donors (Lipinski definition) is 3. The Morgan fingerprint density at radius 1 is 1.20 bits per heavy atom. The van der Waals surface area contributed by atoms with E-state index in [9.17, 15) is 14.7 Å². The van der Waals surface area contributed by atoms with Gasteiger partial charge in [-0.2, -0.15) is 0 Å².